The lowest BCUT2D eigenvalue weighted by atomic mass is 10.0. The molecule has 0 aliphatic heterocycles. The predicted molar refractivity (Wildman–Crippen MR) is 72.5 cm³/mol. The van der Waals surface area contributed by atoms with Gasteiger partial charge in [-0.05, 0) is 25.0 Å². The van der Waals surface area contributed by atoms with Gasteiger partial charge in [-0.3, -0.25) is 4.79 Å². The number of methoxy groups -OCH3 is 1. The number of hydrogen-bond donors (Lipinski definition) is 2. The number of carbonyl (C=O) groups excluding carboxylic acids is 1. The lowest BCUT2D eigenvalue weighted by molar-refractivity contribution is -0.124. The van der Waals surface area contributed by atoms with Gasteiger partial charge in [0.05, 0.1) is 7.11 Å². The lowest BCUT2D eigenvalue weighted by Gasteiger charge is -2.15. The Hall–Kier alpha value is -1.55. The van der Waals surface area contributed by atoms with Crippen LogP contribution in [0.5, 0.6) is 5.75 Å². The van der Waals surface area contributed by atoms with Crippen LogP contribution in [-0.2, 0) is 11.2 Å². The zero-order chi connectivity index (χ0) is 13.5. The van der Waals surface area contributed by atoms with Crippen molar-refractivity contribution in [3.63, 3.8) is 0 Å². The number of hydrogen-bond acceptors (Lipinski definition) is 3. The van der Waals surface area contributed by atoms with Gasteiger partial charge < -0.3 is 15.8 Å². The zero-order valence-corrected chi connectivity index (χ0v) is 11.3. The Bertz CT molecular complexity index is 391. The van der Waals surface area contributed by atoms with Crippen LogP contribution in [0.1, 0.15) is 19.4 Å². The van der Waals surface area contributed by atoms with Gasteiger partial charge >= 0.3 is 0 Å². The third kappa shape index (κ3) is 4.04. The number of benzene rings is 1. The Morgan fingerprint density at radius 2 is 2.06 bits per heavy atom. The highest BCUT2D eigenvalue weighted by atomic mass is 16.5. The maximum absolute atomic E-state index is 11.7. The van der Waals surface area contributed by atoms with Gasteiger partial charge in [-0.1, -0.05) is 25.1 Å². The topological polar surface area (TPSA) is 64.3 Å². The summed E-state index contributed by atoms with van der Waals surface area (Å²) < 4.78 is 5.26. The smallest absolute Gasteiger partial charge is 0.224 e. The molecule has 100 valence electrons. The normalized spacial score (nSPS) is 13.8. The highest BCUT2D eigenvalue weighted by Crippen LogP contribution is 2.17. The molecular formula is C14H22N2O2. The van der Waals surface area contributed by atoms with Crippen LogP contribution in [0.2, 0.25) is 0 Å². The van der Waals surface area contributed by atoms with E-state index in [-0.39, 0.29) is 17.9 Å². The van der Waals surface area contributed by atoms with Gasteiger partial charge in [0.15, 0.2) is 0 Å². The van der Waals surface area contributed by atoms with Crippen LogP contribution in [0, 0.1) is 5.92 Å². The number of rotatable bonds is 6. The fraction of sp³-hybridized carbons (Fsp3) is 0.500. The third-order valence-corrected chi connectivity index (χ3v) is 3.09. The Morgan fingerprint density at radius 1 is 1.39 bits per heavy atom. The van der Waals surface area contributed by atoms with E-state index in [2.05, 4.69) is 5.32 Å². The van der Waals surface area contributed by atoms with E-state index in [1.165, 1.54) is 0 Å². The van der Waals surface area contributed by atoms with Gasteiger partial charge in [-0.25, -0.2) is 0 Å². The summed E-state index contributed by atoms with van der Waals surface area (Å²) >= 11 is 0. The maximum Gasteiger partial charge on any atom is 0.224 e. The Morgan fingerprint density at radius 3 is 2.67 bits per heavy atom. The molecule has 0 fully saturated rings. The minimum atomic E-state index is -0.164. The summed E-state index contributed by atoms with van der Waals surface area (Å²) in [5, 5.41) is 2.89. The molecule has 0 spiro atoms. The lowest BCUT2D eigenvalue weighted by Crippen LogP contribution is -2.39. The standard InChI is InChI=1S/C14H22N2O2/c1-10(11(2)15)14(17)16-9-8-12-6-4-5-7-13(12)18-3/h4-7,10-11H,8-9,15H2,1-3H3,(H,16,17). The molecule has 2 atom stereocenters. The molecule has 18 heavy (non-hydrogen) atoms. The highest BCUT2D eigenvalue weighted by molar-refractivity contribution is 5.78. The molecule has 0 aromatic heterocycles. The maximum atomic E-state index is 11.7. The number of para-hydroxylation sites is 1. The van der Waals surface area contributed by atoms with Crippen molar-refractivity contribution in [2.24, 2.45) is 11.7 Å². The van der Waals surface area contributed by atoms with Crippen LogP contribution < -0.4 is 15.8 Å². The van der Waals surface area contributed by atoms with Crippen LogP contribution in [0.3, 0.4) is 0 Å². The number of amides is 1. The van der Waals surface area contributed by atoms with Crippen LogP contribution >= 0.6 is 0 Å². The van der Waals surface area contributed by atoms with Crippen LogP contribution in [-0.4, -0.2) is 25.6 Å². The van der Waals surface area contributed by atoms with Gasteiger partial charge in [-0.2, -0.15) is 0 Å². The summed E-state index contributed by atoms with van der Waals surface area (Å²) in [5.74, 6) is 0.689. The highest BCUT2D eigenvalue weighted by Gasteiger charge is 2.16. The van der Waals surface area contributed by atoms with Crippen molar-refractivity contribution < 1.29 is 9.53 Å². The summed E-state index contributed by atoms with van der Waals surface area (Å²) in [6.07, 6.45) is 0.751. The van der Waals surface area contributed by atoms with E-state index < -0.39 is 0 Å². The van der Waals surface area contributed by atoms with Crippen molar-refractivity contribution in [3.05, 3.63) is 29.8 Å². The molecule has 4 heteroatoms. The minimum Gasteiger partial charge on any atom is -0.496 e. The molecule has 0 radical (unpaired) electrons. The largest absolute Gasteiger partial charge is 0.496 e. The van der Waals surface area contributed by atoms with Crippen molar-refractivity contribution in [1.82, 2.24) is 5.32 Å². The summed E-state index contributed by atoms with van der Waals surface area (Å²) in [5.41, 5.74) is 6.78. The summed E-state index contributed by atoms with van der Waals surface area (Å²) in [7, 11) is 1.65. The van der Waals surface area contributed by atoms with E-state index in [9.17, 15) is 4.79 Å². The second-order valence-electron chi connectivity index (χ2n) is 4.50. The molecule has 0 saturated heterocycles. The molecule has 1 rings (SSSR count). The second kappa shape index (κ2) is 7.01. The molecule has 1 aromatic carbocycles. The van der Waals surface area contributed by atoms with Crippen LogP contribution in [0.15, 0.2) is 24.3 Å². The average molecular weight is 250 g/mol. The Kier molecular flexibility index (Phi) is 5.65. The van der Waals surface area contributed by atoms with Crippen molar-refractivity contribution in [2.45, 2.75) is 26.3 Å². The molecule has 0 bridgehead atoms. The van der Waals surface area contributed by atoms with Gasteiger partial charge in [0.1, 0.15) is 5.75 Å². The third-order valence-electron chi connectivity index (χ3n) is 3.09. The van der Waals surface area contributed by atoms with Gasteiger partial charge in [0.2, 0.25) is 5.91 Å². The first-order chi connectivity index (χ1) is 8.56. The summed E-state index contributed by atoms with van der Waals surface area (Å²) in [6.45, 7) is 4.27. The molecule has 2 unspecified atom stereocenters. The van der Waals surface area contributed by atoms with E-state index in [0.717, 1.165) is 17.7 Å². The quantitative estimate of drug-likeness (QED) is 0.800. The molecule has 0 saturated carbocycles. The average Bonchev–Trinajstić information content (AvgIpc) is 2.38. The number of nitrogens with two attached hydrogens (primary N) is 1. The predicted octanol–water partition coefficient (Wildman–Crippen LogP) is 1.34. The number of ether oxygens (including phenoxy) is 1. The molecular weight excluding hydrogens is 228 g/mol. The zero-order valence-electron chi connectivity index (χ0n) is 11.3. The van der Waals surface area contributed by atoms with Crippen molar-refractivity contribution in [2.75, 3.05) is 13.7 Å². The molecule has 3 N–H and O–H groups in total. The SMILES string of the molecule is COc1ccccc1CCNC(=O)C(C)C(C)N. The van der Waals surface area contributed by atoms with Crippen LogP contribution in [0.25, 0.3) is 0 Å². The van der Waals surface area contributed by atoms with E-state index in [4.69, 9.17) is 10.5 Å². The van der Waals surface area contributed by atoms with Gasteiger partial charge in [0.25, 0.3) is 0 Å². The molecule has 0 aliphatic rings. The van der Waals surface area contributed by atoms with Gasteiger partial charge in [0, 0.05) is 18.5 Å². The summed E-state index contributed by atoms with van der Waals surface area (Å²) in [4.78, 5) is 11.7. The van der Waals surface area contributed by atoms with Gasteiger partial charge in [-0.15, -0.1) is 0 Å². The number of nitrogens with one attached hydrogen (secondary N) is 1. The molecule has 0 aliphatic carbocycles. The fourth-order valence-electron chi connectivity index (χ4n) is 1.63. The second-order valence-corrected chi connectivity index (χ2v) is 4.50. The van der Waals surface area contributed by atoms with Crippen molar-refractivity contribution >= 4 is 5.91 Å². The minimum absolute atomic E-state index is 0.0000945. The first-order valence-electron chi connectivity index (χ1n) is 6.21. The van der Waals surface area contributed by atoms with E-state index >= 15 is 0 Å². The molecule has 0 heterocycles. The van der Waals surface area contributed by atoms with Crippen LogP contribution in [0.4, 0.5) is 0 Å². The van der Waals surface area contributed by atoms with Crippen molar-refractivity contribution in [3.8, 4) is 5.75 Å². The van der Waals surface area contributed by atoms with E-state index in [1.54, 1.807) is 7.11 Å². The Labute approximate surface area is 109 Å². The molecule has 1 amide bonds. The fourth-order valence-corrected chi connectivity index (χ4v) is 1.63. The monoisotopic (exact) mass is 250 g/mol. The van der Waals surface area contributed by atoms with E-state index in [1.807, 2.05) is 38.1 Å². The number of carbonyl (C=O) groups is 1. The van der Waals surface area contributed by atoms with E-state index in [0.29, 0.717) is 6.54 Å². The molecule has 1 aromatic rings. The Balaban J connectivity index is 2.44. The molecule has 4 nitrogen and oxygen atoms in total. The summed E-state index contributed by atoms with van der Waals surface area (Å²) in [6, 6.07) is 7.68. The first kappa shape index (κ1) is 14.5. The van der Waals surface area contributed by atoms with Crippen molar-refractivity contribution in [1.29, 1.82) is 0 Å². The first-order valence-corrected chi connectivity index (χ1v) is 6.21.